The first-order valence-corrected chi connectivity index (χ1v) is 4.75. The molecule has 0 N–H and O–H groups in total. The standard InChI is InChI=1S/C12H19N/c1-5-9-11(6-2)12(7-3)10-13-8-4/h5,8,10H,1,4,6-7,9H2,2-3H3/b12-11-,13-10?. The molecule has 0 atom stereocenters. The fourth-order valence-corrected chi connectivity index (χ4v) is 1.25. The van der Waals surface area contributed by atoms with Crippen LogP contribution in [0.3, 0.4) is 0 Å². The topological polar surface area (TPSA) is 12.4 Å². The van der Waals surface area contributed by atoms with Gasteiger partial charge in [0.2, 0.25) is 0 Å². The zero-order valence-corrected chi connectivity index (χ0v) is 8.71. The Morgan fingerprint density at radius 3 is 2.31 bits per heavy atom. The highest BCUT2D eigenvalue weighted by Gasteiger charge is 1.98. The Balaban J connectivity index is 4.68. The maximum Gasteiger partial charge on any atom is 0.0299 e. The number of allylic oxidation sites excluding steroid dienone is 3. The van der Waals surface area contributed by atoms with Crippen LogP contribution < -0.4 is 0 Å². The minimum atomic E-state index is 0.961. The lowest BCUT2D eigenvalue weighted by atomic mass is 10.0. The molecule has 0 aromatic heterocycles. The maximum atomic E-state index is 4.04. The zero-order valence-electron chi connectivity index (χ0n) is 8.71. The van der Waals surface area contributed by atoms with E-state index in [0.29, 0.717) is 0 Å². The molecule has 0 aliphatic rings. The van der Waals surface area contributed by atoms with Gasteiger partial charge >= 0.3 is 0 Å². The van der Waals surface area contributed by atoms with E-state index in [4.69, 9.17) is 0 Å². The summed E-state index contributed by atoms with van der Waals surface area (Å²) >= 11 is 0. The second-order valence-electron chi connectivity index (χ2n) is 2.79. The Kier molecular flexibility index (Phi) is 6.89. The largest absolute Gasteiger partial charge is 0.265 e. The second-order valence-corrected chi connectivity index (χ2v) is 2.79. The molecule has 1 nitrogen and oxygen atoms in total. The lowest BCUT2D eigenvalue weighted by molar-refractivity contribution is 0.983. The van der Waals surface area contributed by atoms with Gasteiger partial charge in [0.15, 0.2) is 0 Å². The number of nitrogens with zero attached hydrogens (tertiary/aromatic N) is 1. The third kappa shape index (κ3) is 4.46. The van der Waals surface area contributed by atoms with Gasteiger partial charge in [0.05, 0.1) is 0 Å². The van der Waals surface area contributed by atoms with Crippen LogP contribution in [0.2, 0.25) is 0 Å². The van der Waals surface area contributed by atoms with Gasteiger partial charge in [-0.05, 0) is 24.8 Å². The van der Waals surface area contributed by atoms with Crippen molar-refractivity contribution in [3.63, 3.8) is 0 Å². The molecule has 0 bridgehead atoms. The molecule has 0 radical (unpaired) electrons. The second kappa shape index (κ2) is 7.53. The molecule has 0 heterocycles. The molecular weight excluding hydrogens is 158 g/mol. The molecule has 0 aliphatic carbocycles. The molecule has 72 valence electrons. The van der Waals surface area contributed by atoms with Crippen LogP contribution in [0.15, 0.2) is 41.6 Å². The number of hydrogen-bond donors (Lipinski definition) is 0. The summed E-state index contributed by atoms with van der Waals surface area (Å²) in [5.41, 5.74) is 2.73. The normalized spacial score (nSPS) is 12.8. The Labute approximate surface area is 81.6 Å². The van der Waals surface area contributed by atoms with E-state index in [0.717, 1.165) is 19.3 Å². The third-order valence-electron chi connectivity index (χ3n) is 1.99. The van der Waals surface area contributed by atoms with E-state index >= 15 is 0 Å². The predicted octanol–water partition coefficient (Wildman–Crippen LogP) is 3.89. The monoisotopic (exact) mass is 177 g/mol. The van der Waals surface area contributed by atoms with Gasteiger partial charge < -0.3 is 0 Å². The van der Waals surface area contributed by atoms with E-state index < -0.39 is 0 Å². The van der Waals surface area contributed by atoms with E-state index in [2.05, 4.69) is 32.0 Å². The van der Waals surface area contributed by atoms with Crippen molar-refractivity contribution in [1.29, 1.82) is 0 Å². The molecule has 0 fully saturated rings. The van der Waals surface area contributed by atoms with Crippen molar-refractivity contribution >= 4 is 6.21 Å². The molecule has 0 aromatic rings. The Hall–Kier alpha value is -1.11. The summed E-state index contributed by atoms with van der Waals surface area (Å²) in [7, 11) is 0. The number of rotatable bonds is 6. The van der Waals surface area contributed by atoms with Crippen LogP contribution in [0.1, 0.15) is 33.1 Å². The first kappa shape index (κ1) is 11.9. The molecule has 0 spiro atoms. The molecule has 1 heteroatoms. The lowest BCUT2D eigenvalue weighted by Crippen LogP contribution is -1.91. The lowest BCUT2D eigenvalue weighted by Gasteiger charge is -2.05. The van der Waals surface area contributed by atoms with Crippen LogP contribution in [-0.2, 0) is 0 Å². The van der Waals surface area contributed by atoms with Gasteiger partial charge in [-0.2, -0.15) is 0 Å². The van der Waals surface area contributed by atoms with Crippen LogP contribution in [-0.4, -0.2) is 6.21 Å². The van der Waals surface area contributed by atoms with Crippen molar-refractivity contribution in [3.05, 3.63) is 36.6 Å². The van der Waals surface area contributed by atoms with Crippen molar-refractivity contribution in [2.45, 2.75) is 33.1 Å². The van der Waals surface area contributed by atoms with Crippen molar-refractivity contribution in [2.75, 3.05) is 0 Å². The van der Waals surface area contributed by atoms with Crippen LogP contribution in [0.4, 0.5) is 0 Å². The maximum absolute atomic E-state index is 4.04. The predicted molar refractivity (Wildman–Crippen MR) is 61.1 cm³/mol. The highest BCUT2D eigenvalue weighted by atomic mass is 14.7. The average molecular weight is 177 g/mol. The van der Waals surface area contributed by atoms with E-state index in [9.17, 15) is 0 Å². The van der Waals surface area contributed by atoms with Gasteiger partial charge in [0, 0.05) is 12.4 Å². The number of aliphatic imine (C=N–C) groups is 1. The van der Waals surface area contributed by atoms with Gasteiger partial charge in [0.1, 0.15) is 0 Å². The molecular formula is C12H19N. The van der Waals surface area contributed by atoms with Crippen molar-refractivity contribution < 1.29 is 0 Å². The Morgan fingerprint density at radius 1 is 1.23 bits per heavy atom. The van der Waals surface area contributed by atoms with Crippen LogP contribution in [0.25, 0.3) is 0 Å². The zero-order chi connectivity index (χ0) is 10.1. The third-order valence-corrected chi connectivity index (χ3v) is 1.99. The molecule has 0 amide bonds. The van der Waals surface area contributed by atoms with Gasteiger partial charge in [-0.15, -0.1) is 6.58 Å². The fraction of sp³-hybridized carbons (Fsp3) is 0.417. The first-order chi connectivity index (χ1) is 6.29. The van der Waals surface area contributed by atoms with Crippen molar-refractivity contribution in [3.8, 4) is 0 Å². The summed E-state index contributed by atoms with van der Waals surface area (Å²) in [6.45, 7) is 11.6. The van der Waals surface area contributed by atoms with Gasteiger partial charge in [-0.3, -0.25) is 4.99 Å². The van der Waals surface area contributed by atoms with Crippen LogP contribution in [0, 0.1) is 0 Å². The quantitative estimate of drug-likeness (QED) is 0.431. The Morgan fingerprint density at radius 2 is 1.92 bits per heavy atom. The molecule has 0 unspecified atom stereocenters. The van der Waals surface area contributed by atoms with E-state index in [-0.39, 0.29) is 0 Å². The summed E-state index contributed by atoms with van der Waals surface area (Å²) in [4.78, 5) is 4.04. The van der Waals surface area contributed by atoms with E-state index in [1.807, 2.05) is 12.3 Å². The highest BCUT2D eigenvalue weighted by Crippen LogP contribution is 2.14. The fourth-order valence-electron chi connectivity index (χ4n) is 1.25. The van der Waals surface area contributed by atoms with Gasteiger partial charge in [-0.1, -0.05) is 32.1 Å². The van der Waals surface area contributed by atoms with Gasteiger partial charge in [-0.25, -0.2) is 0 Å². The molecule has 0 aliphatic heterocycles. The summed E-state index contributed by atoms with van der Waals surface area (Å²) in [5.74, 6) is 0. The van der Waals surface area contributed by atoms with Crippen LogP contribution in [0.5, 0.6) is 0 Å². The smallest absolute Gasteiger partial charge is 0.0299 e. The molecule has 0 aromatic carbocycles. The molecule has 0 rings (SSSR count). The first-order valence-electron chi connectivity index (χ1n) is 4.75. The SMILES string of the molecule is C=CC/C(CC)=C(\C=NC=C)CC. The van der Waals surface area contributed by atoms with Crippen molar-refractivity contribution in [2.24, 2.45) is 4.99 Å². The summed E-state index contributed by atoms with van der Waals surface area (Å²) in [5, 5.41) is 0. The summed E-state index contributed by atoms with van der Waals surface area (Å²) in [6.07, 6.45) is 8.46. The van der Waals surface area contributed by atoms with Crippen molar-refractivity contribution in [1.82, 2.24) is 0 Å². The Bertz CT molecular complexity index is 221. The molecule has 13 heavy (non-hydrogen) atoms. The highest BCUT2D eigenvalue weighted by molar-refractivity contribution is 5.80. The summed E-state index contributed by atoms with van der Waals surface area (Å²) in [6, 6.07) is 0. The summed E-state index contributed by atoms with van der Waals surface area (Å²) < 4.78 is 0. The minimum Gasteiger partial charge on any atom is -0.265 e. The van der Waals surface area contributed by atoms with Crippen LogP contribution >= 0.6 is 0 Å². The van der Waals surface area contributed by atoms with E-state index in [1.165, 1.54) is 11.1 Å². The molecule has 0 saturated carbocycles. The average Bonchev–Trinajstić information content (AvgIpc) is 2.17. The minimum absolute atomic E-state index is 0.961. The van der Waals surface area contributed by atoms with Gasteiger partial charge in [0.25, 0.3) is 0 Å². The molecule has 0 saturated heterocycles. The number of hydrogen-bond acceptors (Lipinski definition) is 1. The van der Waals surface area contributed by atoms with E-state index in [1.54, 1.807) is 6.20 Å².